The molecule has 0 fully saturated rings. The van der Waals surface area contributed by atoms with Crippen LogP contribution in [0.25, 0.3) is 0 Å². The van der Waals surface area contributed by atoms with Gasteiger partial charge in [-0.1, -0.05) is 18.2 Å². The topological polar surface area (TPSA) is 103 Å². The average molecular weight is 399 g/mol. The van der Waals surface area contributed by atoms with E-state index in [1.54, 1.807) is 30.5 Å². The van der Waals surface area contributed by atoms with Crippen molar-refractivity contribution in [3.8, 4) is 5.75 Å². The number of amides is 2. The Morgan fingerprint density at radius 2 is 1.86 bits per heavy atom. The molecule has 3 rings (SSSR count). The number of halogens is 1. The Morgan fingerprint density at radius 3 is 2.62 bits per heavy atom. The fraction of sp³-hybridized carbons (Fsp3) is 0.150. The number of nitrogens with zero attached hydrogens (tertiary/aromatic N) is 1. The number of carbonyl (C=O) groups is 2. The van der Waals surface area contributed by atoms with Gasteiger partial charge in [0.15, 0.2) is 23.4 Å². The summed E-state index contributed by atoms with van der Waals surface area (Å²) in [5.74, 6) is -1.70. The number of carbonyl (C=O) groups excluding carboxylic acids is 2. The molecule has 0 aliphatic carbocycles. The Bertz CT molecular complexity index is 1080. The zero-order valence-corrected chi connectivity index (χ0v) is 15.4. The molecule has 29 heavy (non-hydrogen) atoms. The lowest BCUT2D eigenvalue weighted by Crippen LogP contribution is -2.47. The monoisotopic (exact) mass is 399 g/mol. The predicted octanol–water partition coefficient (Wildman–Crippen LogP) is 1.86. The van der Waals surface area contributed by atoms with Crippen LogP contribution in [0.1, 0.15) is 23.2 Å². The lowest BCUT2D eigenvalue weighted by atomic mass is 10.3. The molecule has 0 spiro atoms. The van der Waals surface area contributed by atoms with E-state index < -0.39 is 23.7 Å². The highest BCUT2D eigenvalue weighted by atomic mass is 19.1. The largest absolute Gasteiger partial charge is 0.478 e. The van der Waals surface area contributed by atoms with Gasteiger partial charge in [-0.3, -0.25) is 25.2 Å². The molecule has 1 atom stereocenters. The van der Waals surface area contributed by atoms with Crippen LogP contribution in [-0.4, -0.2) is 22.5 Å². The number of benzene rings is 1. The van der Waals surface area contributed by atoms with Crippen LogP contribution in [0.3, 0.4) is 0 Å². The second kappa shape index (κ2) is 8.87. The van der Waals surface area contributed by atoms with Crippen LogP contribution in [0.15, 0.2) is 70.0 Å². The molecule has 2 heterocycles. The summed E-state index contributed by atoms with van der Waals surface area (Å²) in [7, 11) is 0. The van der Waals surface area contributed by atoms with Gasteiger partial charge < -0.3 is 13.7 Å². The number of furan rings is 1. The Labute approximate surface area is 164 Å². The third-order valence-electron chi connectivity index (χ3n) is 3.92. The van der Waals surface area contributed by atoms with Gasteiger partial charge in [0.2, 0.25) is 0 Å². The number of rotatable bonds is 6. The lowest BCUT2D eigenvalue weighted by Gasteiger charge is -2.15. The van der Waals surface area contributed by atoms with E-state index in [4.69, 9.17) is 9.15 Å². The number of ether oxygens (including phenoxy) is 1. The van der Waals surface area contributed by atoms with Crippen molar-refractivity contribution in [3.05, 3.63) is 88.5 Å². The normalized spacial score (nSPS) is 11.5. The van der Waals surface area contributed by atoms with Crippen molar-refractivity contribution in [1.29, 1.82) is 0 Å². The molecule has 9 heteroatoms. The fourth-order valence-corrected chi connectivity index (χ4v) is 2.41. The summed E-state index contributed by atoms with van der Waals surface area (Å²) >= 11 is 0. The quantitative estimate of drug-likeness (QED) is 0.616. The first-order chi connectivity index (χ1) is 13.9. The van der Waals surface area contributed by atoms with Gasteiger partial charge >= 0.3 is 5.91 Å². The highest BCUT2D eigenvalue weighted by Crippen LogP contribution is 2.17. The van der Waals surface area contributed by atoms with Crippen molar-refractivity contribution in [2.45, 2.75) is 19.6 Å². The number of hydrogen-bond donors (Lipinski definition) is 2. The van der Waals surface area contributed by atoms with Crippen LogP contribution in [0.4, 0.5) is 4.39 Å². The predicted molar refractivity (Wildman–Crippen MR) is 101 cm³/mol. The van der Waals surface area contributed by atoms with E-state index in [0.717, 1.165) is 0 Å². The number of pyridine rings is 1. The van der Waals surface area contributed by atoms with E-state index in [9.17, 15) is 18.8 Å². The molecular formula is C20H18FN3O5. The van der Waals surface area contributed by atoms with Gasteiger partial charge in [-0.25, -0.2) is 4.39 Å². The van der Waals surface area contributed by atoms with Gasteiger partial charge in [0.1, 0.15) is 5.76 Å². The number of aromatic nitrogens is 1. The zero-order valence-electron chi connectivity index (χ0n) is 15.4. The van der Waals surface area contributed by atoms with Crippen molar-refractivity contribution in [2.75, 3.05) is 0 Å². The van der Waals surface area contributed by atoms with Crippen molar-refractivity contribution in [2.24, 2.45) is 0 Å². The van der Waals surface area contributed by atoms with Crippen LogP contribution in [0.2, 0.25) is 0 Å². The van der Waals surface area contributed by atoms with E-state index in [1.807, 2.05) is 0 Å². The van der Waals surface area contributed by atoms with E-state index in [2.05, 4.69) is 10.9 Å². The molecule has 0 aliphatic rings. The molecule has 0 bridgehead atoms. The fourth-order valence-electron chi connectivity index (χ4n) is 2.41. The van der Waals surface area contributed by atoms with E-state index in [1.165, 1.54) is 41.8 Å². The molecule has 2 amide bonds. The Kier molecular flexibility index (Phi) is 6.08. The van der Waals surface area contributed by atoms with Gasteiger partial charge in [0, 0.05) is 12.3 Å². The smallest absolute Gasteiger partial charge is 0.305 e. The third kappa shape index (κ3) is 5.10. The van der Waals surface area contributed by atoms with Gasteiger partial charge in [0.05, 0.1) is 6.54 Å². The van der Waals surface area contributed by atoms with E-state index >= 15 is 0 Å². The number of nitrogens with one attached hydrogen (secondary N) is 2. The second-order valence-electron chi connectivity index (χ2n) is 6.07. The molecule has 0 aliphatic heterocycles. The number of hydrogen-bond acceptors (Lipinski definition) is 5. The first-order valence-corrected chi connectivity index (χ1v) is 8.69. The minimum atomic E-state index is -1.05. The summed E-state index contributed by atoms with van der Waals surface area (Å²) in [6.45, 7) is 1.57. The van der Waals surface area contributed by atoms with Crippen LogP contribution in [0, 0.1) is 5.82 Å². The summed E-state index contributed by atoms with van der Waals surface area (Å²) in [5.41, 5.74) is 4.18. The van der Waals surface area contributed by atoms with Crippen LogP contribution >= 0.6 is 0 Å². The SMILES string of the molecule is CC(Oc1ccccc1F)C(=O)NNC(=O)c1ccc(Cn2ccccc2=O)o1. The Hall–Kier alpha value is -3.88. The molecule has 150 valence electrons. The van der Waals surface area contributed by atoms with E-state index in [0.29, 0.717) is 5.76 Å². The molecular weight excluding hydrogens is 381 g/mol. The number of hydrazine groups is 1. The molecule has 2 aromatic heterocycles. The molecule has 0 saturated carbocycles. The van der Waals surface area contributed by atoms with Gasteiger partial charge in [0.25, 0.3) is 11.5 Å². The highest BCUT2D eigenvalue weighted by Gasteiger charge is 2.18. The zero-order chi connectivity index (χ0) is 20.8. The summed E-state index contributed by atoms with van der Waals surface area (Å²) in [6.07, 6.45) is 0.547. The van der Waals surface area contributed by atoms with Gasteiger partial charge in [-0.15, -0.1) is 0 Å². The molecule has 3 aromatic rings. The maximum atomic E-state index is 13.6. The molecule has 0 radical (unpaired) electrons. The average Bonchev–Trinajstić information content (AvgIpc) is 3.18. The van der Waals surface area contributed by atoms with Crippen molar-refractivity contribution >= 4 is 11.8 Å². The molecule has 0 saturated heterocycles. The van der Waals surface area contributed by atoms with Crippen molar-refractivity contribution < 1.29 is 23.1 Å². The van der Waals surface area contributed by atoms with Gasteiger partial charge in [-0.2, -0.15) is 0 Å². The molecule has 1 unspecified atom stereocenters. The van der Waals surface area contributed by atoms with Crippen LogP contribution in [0.5, 0.6) is 5.75 Å². The lowest BCUT2D eigenvalue weighted by molar-refractivity contribution is -0.128. The van der Waals surface area contributed by atoms with Gasteiger partial charge in [-0.05, 0) is 37.3 Å². The summed E-state index contributed by atoms with van der Waals surface area (Å²) < 4.78 is 25.6. The summed E-state index contributed by atoms with van der Waals surface area (Å²) in [4.78, 5) is 35.9. The van der Waals surface area contributed by atoms with Crippen molar-refractivity contribution in [1.82, 2.24) is 15.4 Å². The Balaban J connectivity index is 1.53. The molecule has 1 aromatic carbocycles. The van der Waals surface area contributed by atoms with Crippen LogP contribution < -0.4 is 21.1 Å². The minimum absolute atomic E-state index is 0.0491. The maximum absolute atomic E-state index is 13.6. The summed E-state index contributed by atoms with van der Waals surface area (Å²) in [5, 5.41) is 0. The minimum Gasteiger partial charge on any atom is -0.478 e. The molecule has 8 nitrogen and oxygen atoms in total. The standard InChI is InChI=1S/C20H18FN3O5/c1-13(28-16-7-3-2-6-15(16)21)19(26)22-23-20(27)17-10-9-14(29-17)12-24-11-5-4-8-18(24)25/h2-11,13H,12H2,1H3,(H,22,26)(H,23,27). The Morgan fingerprint density at radius 1 is 1.10 bits per heavy atom. The highest BCUT2D eigenvalue weighted by molar-refractivity contribution is 5.93. The third-order valence-corrected chi connectivity index (χ3v) is 3.92. The van der Waals surface area contributed by atoms with Crippen LogP contribution in [-0.2, 0) is 11.3 Å². The first-order valence-electron chi connectivity index (χ1n) is 8.69. The maximum Gasteiger partial charge on any atom is 0.305 e. The summed E-state index contributed by atoms with van der Waals surface area (Å²) in [6, 6.07) is 13.4. The number of para-hydroxylation sites is 1. The van der Waals surface area contributed by atoms with Crippen molar-refractivity contribution in [3.63, 3.8) is 0 Å². The van der Waals surface area contributed by atoms with E-state index in [-0.39, 0.29) is 23.6 Å². The first kappa shape index (κ1) is 19.9. The molecule has 2 N–H and O–H groups in total. The second-order valence-corrected chi connectivity index (χ2v) is 6.07.